The molecule has 1 heterocycles. The van der Waals surface area contributed by atoms with Crippen molar-refractivity contribution in [1.82, 2.24) is 4.98 Å². The van der Waals surface area contributed by atoms with E-state index in [4.69, 9.17) is 16.9 Å². The Morgan fingerprint density at radius 2 is 2.27 bits per heavy atom. The number of hydrogen-bond donors (Lipinski definition) is 1. The van der Waals surface area contributed by atoms with Gasteiger partial charge in [-0.2, -0.15) is 5.26 Å². The van der Waals surface area contributed by atoms with E-state index in [-0.39, 0.29) is 5.54 Å². The minimum atomic E-state index is 0.0495. The van der Waals surface area contributed by atoms with Gasteiger partial charge < -0.3 is 5.32 Å². The lowest BCUT2D eigenvalue weighted by Crippen LogP contribution is -2.33. The standard InChI is InChI=1S/C10H12ClN3S/c1-10(2,6-3-4-6)14-9-13-8(11)7(5-12)15-9/h6H,3-4H2,1-2H3,(H,13,14). The molecule has 0 radical (unpaired) electrons. The maximum atomic E-state index is 8.76. The van der Waals surface area contributed by atoms with E-state index in [9.17, 15) is 0 Å². The molecule has 5 heteroatoms. The van der Waals surface area contributed by atoms with Crippen LogP contribution >= 0.6 is 22.9 Å². The lowest BCUT2D eigenvalue weighted by molar-refractivity contribution is 0.494. The Bertz CT molecular complexity index is 415. The van der Waals surface area contributed by atoms with E-state index in [1.165, 1.54) is 24.2 Å². The second kappa shape index (κ2) is 3.66. The smallest absolute Gasteiger partial charge is 0.185 e. The zero-order chi connectivity index (χ0) is 11.1. The number of rotatable bonds is 3. The first kappa shape index (κ1) is 10.7. The molecule has 0 bridgehead atoms. The highest BCUT2D eigenvalue weighted by atomic mass is 35.5. The molecule has 1 fully saturated rings. The van der Waals surface area contributed by atoms with Crippen molar-refractivity contribution in [1.29, 1.82) is 5.26 Å². The number of aromatic nitrogens is 1. The van der Waals surface area contributed by atoms with Crippen LogP contribution in [0.5, 0.6) is 0 Å². The van der Waals surface area contributed by atoms with Crippen LogP contribution in [0.15, 0.2) is 0 Å². The minimum absolute atomic E-state index is 0.0495. The zero-order valence-corrected chi connectivity index (χ0v) is 10.2. The fourth-order valence-corrected chi connectivity index (χ4v) is 2.72. The average Bonchev–Trinajstić information content (AvgIpc) is 2.92. The van der Waals surface area contributed by atoms with Crippen LogP contribution in [0.4, 0.5) is 5.13 Å². The Hall–Kier alpha value is -0.790. The van der Waals surface area contributed by atoms with Gasteiger partial charge in [0, 0.05) is 5.54 Å². The maximum absolute atomic E-state index is 8.76. The van der Waals surface area contributed by atoms with Gasteiger partial charge in [0.15, 0.2) is 10.3 Å². The summed E-state index contributed by atoms with van der Waals surface area (Å²) in [7, 11) is 0. The lowest BCUT2D eigenvalue weighted by atomic mass is 9.99. The second-order valence-electron chi connectivity index (χ2n) is 4.37. The Balaban J connectivity index is 2.14. The first-order valence-corrected chi connectivity index (χ1v) is 6.07. The quantitative estimate of drug-likeness (QED) is 0.884. The molecule has 1 aliphatic carbocycles. The fourth-order valence-electron chi connectivity index (χ4n) is 1.61. The largest absolute Gasteiger partial charge is 0.356 e. The summed E-state index contributed by atoms with van der Waals surface area (Å²) >= 11 is 7.12. The van der Waals surface area contributed by atoms with Crippen LogP contribution < -0.4 is 5.32 Å². The molecular formula is C10H12ClN3S. The molecule has 80 valence electrons. The van der Waals surface area contributed by atoms with Crippen LogP contribution in [0.1, 0.15) is 31.6 Å². The highest BCUT2D eigenvalue weighted by Gasteiger charge is 2.38. The number of nitriles is 1. The molecule has 1 aromatic heterocycles. The third-order valence-electron chi connectivity index (χ3n) is 2.71. The van der Waals surface area contributed by atoms with Gasteiger partial charge >= 0.3 is 0 Å². The highest BCUT2D eigenvalue weighted by Crippen LogP contribution is 2.41. The molecule has 0 amide bonds. The summed E-state index contributed by atoms with van der Waals surface area (Å²) < 4.78 is 0. The van der Waals surface area contributed by atoms with E-state index in [0.29, 0.717) is 15.9 Å². The normalized spacial score (nSPS) is 16.1. The fraction of sp³-hybridized carbons (Fsp3) is 0.600. The molecule has 0 atom stereocenters. The molecule has 0 spiro atoms. The van der Waals surface area contributed by atoms with Gasteiger partial charge in [0.05, 0.1) is 0 Å². The number of nitrogens with zero attached hydrogens (tertiary/aromatic N) is 2. The van der Waals surface area contributed by atoms with E-state index in [2.05, 4.69) is 24.1 Å². The Morgan fingerprint density at radius 1 is 1.60 bits per heavy atom. The van der Waals surface area contributed by atoms with Gasteiger partial charge in [0.25, 0.3) is 0 Å². The summed E-state index contributed by atoms with van der Waals surface area (Å²) in [6.07, 6.45) is 2.54. The van der Waals surface area contributed by atoms with Crippen LogP contribution in [0, 0.1) is 17.2 Å². The van der Waals surface area contributed by atoms with Crippen LogP contribution in [-0.2, 0) is 0 Å². The molecular weight excluding hydrogens is 230 g/mol. The van der Waals surface area contributed by atoms with Crippen molar-refractivity contribution in [3.63, 3.8) is 0 Å². The number of nitrogens with one attached hydrogen (secondary N) is 1. The van der Waals surface area contributed by atoms with E-state index in [1.54, 1.807) is 0 Å². The van der Waals surface area contributed by atoms with Crippen LogP contribution in [-0.4, -0.2) is 10.5 Å². The van der Waals surface area contributed by atoms with Gasteiger partial charge in [-0.3, -0.25) is 0 Å². The Morgan fingerprint density at radius 3 is 2.73 bits per heavy atom. The molecule has 2 rings (SSSR count). The molecule has 0 aliphatic heterocycles. The van der Waals surface area contributed by atoms with Crippen LogP contribution in [0.3, 0.4) is 0 Å². The van der Waals surface area contributed by atoms with Crippen molar-refractivity contribution >= 4 is 28.1 Å². The molecule has 3 nitrogen and oxygen atoms in total. The summed E-state index contributed by atoms with van der Waals surface area (Å²) in [6.45, 7) is 4.32. The molecule has 0 saturated heterocycles. The number of thiazole rings is 1. The third kappa shape index (κ3) is 2.24. The average molecular weight is 242 g/mol. The van der Waals surface area contributed by atoms with Crippen molar-refractivity contribution in [2.24, 2.45) is 5.92 Å². The number of halogens is 1. The number of hydrogen-bond acceptors (Lipinski definition) is 4. The topological polar surface area (TPSA) is 48.7 Å². The molecule has 1 N–H and O–H groups in total. The Labute approximate surface area is 98.1 Å². The van der Waals surface area contributed by atoms with Crippen molar-refractivity contribution < 1.29 is 0 Å². The summed E-state index contributed by atoms with van der Waals surface area (Å²) in [6, 6.07) is 2.03. The summed E-state index contributed by atoms with van der Waals surface area (Å²) in [5.74, 6) is 0.714. The Kier molecular flexibility index (Phi) is 2.61. The van der Waals surface area contributed by atoms with Gasteiger partial charge in [0.1, 0.15) is 10.9 Å². The van der Waals surface area contributed by atoms with E-state index in [0.717, 1.165) is 5.13 Å². The number of anilines is 1. The SMILES string of the molecule is CC(C)(Nc1nc(Cl)c(C#N)s1)C1CC1. The summed E-state index contributed by atoms with van der Waals surface area (Å²) in [5.41, 5.74) is 0.0495. The maximum Gasteiger partial charge on any atom is 0.185 e. The van der Waals surface area contributed by atoms with Gasteiger partial charge in [-0.05, 0) is 32.6 Å². The van der Waals surface area contributed by atoms with E-state index < -0.39 is 0 Å². The summed E-state index contributed by atoms with van der Waals surface area (Å²) in [4.78, 5) is 4.60. The predicted octanol–water partition coefficient (Wildman–Crippen LogP) is 3.27. The summed E-state index contributed by atoms with van der Waals surface area (Å²) in [5, 5.41) is 13.2. The van der Waals surface area contributed by atoms with Crippen LogP contribution in [0.25, 0.3) is 0 Å². The lowest BCUT2D eigenvalue weighted by Gasteiger charge is -2.25. The first-order valence-electron chi connectivity index (χ1n) is 4.87. The molecule has 1 saturated carbocycles. The van der Waals surface area contributed by atoms with Crippen molar-refractivity contribution in [3.05, 3.63) is 10.0 Å². The molecule has 15 heavy (non-hydrogen) atoms. The van der Waals surface area contributed by atoms with Crippen molar-refractivity contribution in [2.75, 3.05) is 5.32 Å². The zero-order valence-electron chi connectivity index (χ0n) is 8.67. The monoisotopic (exact) mass is 241 g/mol. The third-order valence-corrected chi connectivity index (χ3v) is 3.98. The van der Waals surface area contributed by atoms with E-state index in [1.807, 2.05) is 6.07 Å². The highest BCUT2D eigenvalue weighted by molar-refractivity contribution is 7.16. The second-order valence-corrected chi connectivity index (χ2v) is 5.73. The van der Waals surface area contributed by atoms with E-state index >= 15 is 0 Å². The molecule has 1 aliphatic rings. The van der Waals surface area contributed by atoms with Crippen molar-refractivity contribution in [3.8, 4) is 6.07 Å². The minimum Gasteiger partial charge on any atom is -0.356 e. The first-order chi connectivity index (χ1) is 7.03. The van der Waals surface area contributed by atoms with Gasteiger partial charge in [-0.25, -0.2) is 4.98 Å². The molecule has 0 unspecified atom stereocenters. The predicted molar refractivity (Wildman–Crippen MR) is 62.3 cm³/mol. The van der Waals surface area contributed by atoms with Crippen molar-refractivity contribution in [2.45, 2.75) is 32.2 Å². The molecule has 1 aromatic rings. The van der Waals surface area contributed by atoms with Crippen LogP contribution in [0.2, 0.25) is 5.15 Å². The van der Waals surface area contributed by atoms with Gasteiger partial charge in [-0.15, -0.1) is 0 Å². The molecule has 0 aromatic carbocycles. The van der Waals surface area contributed by atoms with Gasteiger partial charge in [-0.1, -0.05) is 22.9 Å². The van der Waals surface area contributed by atoms with Gasteiger partial charge in [0.2, 0.25) is 0 Å².